The number of benzene rings is 1. The van der Waals surface area contributed by atoms with Gasteiger partial charge in [0.15, 0.2) is 0 Å². The Morgan fingerprint density at radius 1 is 1.41 bits per heavy atom. The molecule has 1 atom stereocenters. The Morgan fingerprint density at radius 2 is 2.06 bits per heavy atom. The molecule has 1 aliphatic heterocycles. The SMILES string of the molecule is CC1(C)NCC(Cc2ccc([N+](=O)[O-])cc2)N1. The van der Waals surface area contributed by atoms with Crippen molar-refractivity contribution in [2.24, 2.45) is 0 Å². The lowest BCUT2D eigenvalue weighted by molar-refractivity contribution is -0.384. The van der Waals surface area contributed by atoms with Gasteiger partial charge in [0.25, 0.3) is 5.69 Å². The van der Waals surface area contributed by atoms with Gasteiger partial charge in [-0.1, -0.05) is 12.1 Å². The Morgan fingerprint density at radius 3 is 2.53 bits per heavy atom. The number of hydrogen-bond acceptors (Lipinski definition) is 4. The molecule has 5 nitrogen and oxygen atoms in total. The fourth-order valence-corrected chi connectivity index (χ4v) is 2.15. The molecule has 2 N–H and O–H groups in total. The summed E-state index contributed by atoms with van der Waals surface area (Å²) in [5.41, 5.74) is 1.24. The van der Waals surface area contributed by atoms with Gasteiger partial charge >= 0.3 is 0 Å². The van der Waals surface area contributed by atoms with Gasteiger partial charge in [0, 0.05) is 24.7 Å². The summed E-state index contributed by atoms with van der Waals surface area (Å²) in [7, 11) is 0. The molecule has 1 aromatic carbocycles. The summed E-state index contributed by atoms with van der Waals surface area (Å²) >= 11 is 0. The van der Waals surface area contributed by atoms with Crippen LogP contribution in [0.15, 0.2) is 24.3 Å². The van der Waals surface area contributed by atoms with Gasteiger partial charge in [0.05, 0.1) is 10.6 Å². The maximum absolute atomic E-state index is 10.5. The van der Waals surface area contributed by atoms with Gasteiger partial charge < -0.3 is 0 Å². The first-order chi connectivity index (χ1) is 7.96. The summed E-state index contributed by atoms with van der Waals surface area (Å²) < 4.78 is 0. The predicted molar refractivity (Wildman–Crippen MR) is 65.8 cm³/mol. The van der Waals surface area contributed by atoms with Crippen LogP contribution in [0.3, 0.4) is 0 Å². The molecule has 0 aromatic heterocycles. The molecule has 0 saturated carbocycles. The lowest BCUT2D eigenvalue weighted by atomic mass is 10.1. The van der Waals surface area contributed by atoms with E-state index >= 15 is 0 Å². The predicted octanol–water partition coefficient (Wildman–Crippen LogP) is 1.43. The quantitative estimate of drug-likeness (QED) is 0.614. The minimum absolute atomic E-state index is 0.0224. The monoisotopic (exact) mass is 235 g/mol. The summed E-state index contributed by atoms with van der Waals surface area (Å²) in [5, 5.41) is 17.4. The molecule has 1 aliphatic rings. The average molecular weight is 235 g/mol. The molecule has 1 unspecified atom stereocenters. The zero-order valence-corrected chi connectivity index (χ0v) is 10.1. The third kappa shape index (κ3) is 3.01. The van der Waals surface area contributed by atoms with Crippen LogP contribution in [0.4, 0.5) is 5.69 Å². The summed E-state index contributed by atoms with van der Waals surface area (Å²) in [6.45, 7) is 5.12. The van der Waals surface area contributed by atoms with E-state index in [1.165, 1.54) is 0 Å². The first-order valence-corrected chi connectivity index (χ1v) is 5.72. The summed E-state index contributed by atoms with van der Waals surface area (Å²) in [5.74, 6) is 0. The number of non-ortho nitro benzene ring substituents is 1. The molecular formula is C12H17N3O2. The Hall–Kier alpha value is -1.46. The molecule has 0 radical (unpaired) electrons. The van der Waals surface area contributed by atoms with E-state index in [0.29, 0.717) is 6.04 Å². The van der Waals surface area contributed by atoms with Crippen molar-refractivity contribution < 1.29 is 4.92 Å². The second-order valence-corrected chi connectivity index (χ2v) is 4.97. The summed E-state index contributed by atoms with van der Waals surface area (Å²) in [4.78, 5) is 10.2. The van der Waals surface area contributed by atoms with Gasteiger partial charge in [-0.15, -0.1) is 0 Å². The highest BCUT2D eigenvalue weighted by Crippen LogP contribution is 2.15. The van der Waals surface area contributed by atoms with Gasteiger partial charge in [-0.25, -0.2) is 0 Å². The van der Waals surface area contributed by atoms with Crippen LogP contribution in [0, 0.1) is 10.1 Å². The van der Waals surface area contributed by atoms with Crippen LogP contribution < -0.4 is 10.6 Å². The van der Waals surface area contributed by atoms with E-state index in [0.717, 1.165) is 18.5 Å². The van der Waals surface area contributed by atoms with E-state index in [-0.39, 0.29) is 16.3 Å². The molecule has 92 valence electrons. The van der Waals surface area contributed by atoms with Gasteiger partial charge in [0.1, 0.15) is 0 Å². The highest BCUT2D eigenvalue weighted by molar-refractivity contribution is 5.33. The first-order valence-electron chi connectivity index (χ1n) is 5.72. The number of rotatable bonds is 3. The van der Waals surface area contributed by atoms with Crippen molar-refractivity contribution in [2.45, 2.75) is 32.0 Å². The van der Waals surface area contributed by atoms with Crippen LogP contribution in [0.5, 0.6) is 0 Å². The van der Waals surface area contributed by atoms with Crippen LogP contribution in [-0.2, 0) is 6.42 Å². The number of nitrogens with zero attached hydrogens (tertiary/aromatic N) is 1. The van der Waals surface area contributed by atoms with Gasteiger partial charge in [-0.3, -0.25) is 20.7 Å². The van der Waals surface area contributed by atoms with E-state index in [1.54, 1.807) is 12.1 Å². The van der Waals surface area contributed by atoms with Gasteiger partial charge in [-0.05, 0) is 25.8 Å². The smallest absolute Gasteiger partial charge is 0.269 e. The van der Waals surface area contributed by atoms with E-state index < -0.39 is 0 Å². The second kappa shape index (κ2) is 4.43. The van der Waals surface area contributed by atoms with E-state index in [2.05, 4.69) is 24.5 Å². The molecule has 0 bridgehead atoms. The molecule has 5 heteroatoms. The highest BCUT2D eigenvalue weighted by atomic mass is 16.6. The van der Waals surface area contributed by atoms with E-state index in [1.807, 2.05) is 12.1 Å². The van der Waals surface area contributed by atoms with Gasteiger partial charge in [0.2, 0.25) is 0 Å². The maximum Gasteiger partial charge on any atom is 0.269 e. The molecule has 0 amide bonds. The molecular weight excluding hydrogens is 218 g/mol. The van der Waals surface area contributed by atoms with Crippen LogP contribution >= 0.6 is 0 Å². The van der Waals surface area contributed by atoms with E-state index in [9.17, 15) is 10.1 Å². The third-order valence-corrected chi connectivity index (χ3v) is 2.98. The minimum Gasteiger partial charge on any atom is -0.298 e. The Bertz CT molecular complexity index is 414. The average Bonchev–Trinajstić information content (AvgIpc) is 2.59. The molecule has 17 heavy (non-hydrogen) atoms. The second-order valence-electron chi connectivity index (χ2n) is 4.97. The minimum atomic E-state index is -0.373. The zero-order chi connectivity index (χ0) is 12.5. The van der Waals surface area contributed by atoms with Crippen LogP contribution in [0.1, 0.15) is 19.4 Å². The lowest BCUT2D eigenvalue weighted by Crippen LogP contribution is -2.44. The topological polar surface area (TPSA) is 67.2 Å². The number of nitro benzene ring substituents is 1. The lowest BCUT2D eigenvalue weighted by Gasteiger charge is -2.19. The zero-order valence-electron chi connectivity index (χ0n) is 10.1. The van der Waals surface area contributed by atoms with Crippen molar-refractivity contribution in [1.29, 1.82) is 0 Å². The van der Waals surface area contributed by atoms with Crippen LogP contribution in [0.25, 0.3) is 0 Å². The number of hydrogen-bond donors (Lipinski definition) is 2. The van der Waals surface area contributed by atoms with E-state index in [4.69, 9.17) is 0 Å². The molecule has 2 rings (SSSR count). The Labute approximate surface area is 100 Å². The standard InChI is InChI=1S/C12H17N3O2/c1-12(2)13-8-10(14-12)7-9-3-5-11(6-4-9)15(16)17/h3-6,10,13-14H,7-8H2,1-2H3. The molecule has 0 spiro atoms. The number of nitro groups is 1. The fraction of sp³-hybridized carbons (Fsp3) is 0.500. The van der Waals surface area contributed by atoms with Crippen molar-refractivity contribution in [2.75, 3.05) is 6.54 Å². The van der Waals surface area contributed by atoms with Crippen molar-refractivity contribution in [3.8, 4) is 0 Å². The third-order valence-electron chi connectivity index (χ3n) is 2.98. The van der Waals surface area contributed by atoms with Crippen molar-refractivity contribution in [3.63, 3.8) is 0 Å². The molecule has 0 aliphatic carbocycles. The molecule has 1 fully saturated rings. The summed E-state index contributed by atoms with van der Waals surface area (Å²) in [6.07, 6.45) is 0.883. The molecule has 1 saturated heterocycles. The number of nitrogens with one attached hydrogen (secondary N) is 2. The summed E-state index contributed by atoms with van der Waals surface area (Å²) in [6, 6.07) is 7.15. The van der Waals surface area contributed by atoms with Crippen LogP contribution in [-0.4, -0.2) is 23.2 Å². The van der Waals surface area contributed by atoms with Crippen LogP contribution in [0.2, 0.25) is 0 Å². The molecule has 1 heterocycles. The van der Waals surface area contributed by atoms with Crippen molar-refractivity contribution in [3.05, 3.63) is 39.9 Å². The van der Waals surface area contributed by atoms with Crippen molar-refractivity contribution in [1.82, 2.24) is 10.6 Å². The first kappa shape index (κ1) is 12.0. The largest absolute Gasteiger partial charge is 0.298 e. The fourth-order valence-electron chi connectivity index (χ4n) is 2.15. The van der Waals surface area contributed by atoms with Gasteiger partial charge in [-0.2, -0.15) is 0 Å². The highest BCUT2D eigenvalue weighted by Gasteiger charge is 2.28. The normalized spacial score (nSPS) is 22.6. The molecule has 1 aromatic rings. The Balaban J connectivity index is 1.98. The maximum atomic E-state index is 10.5. The van der Waals surface area contributed by atoms with Crippen molar-refractivity contribution >= 4 is 5.69 Å². The Kier molecular flexibility index (Phi) is 3.13.